The van der Waals surface area contributed by atoms with Crippen molar-refractivity contribution in [3.63, 3.8) is 0 Å². The quantitative estimate of drug-likeness (QED) is 0.0745. The molecule has 0 amide bonds. The van der Waals surface area contributed by atoms with Gasteiger partial charge in [-0.3, -0.25) is 4.79 Å². The normalized spacial score (nSPS) is 32.4. The second kappa shape index (κ2) is 18.0. The first-order valence-electron chi connectivity index (χ1n) is 18.5. The summed E-state index contributed by atoms with van der Waals surface area (Å²) in [5, 5.41) is 52.1. The Morgan fingerprint density at radius 3 is 2.63 bits per heavy atom. The van der Waals surface area contributed by atoms with Crippen LogP contribution in [0.15, 0.2) is 83.0 Å². The van der Waals surface area contributed by atoms with Crippen molar-refractivity contribution in [3.8, 4) is 0 Å². The second-order valence-corrected chi connectivity index (χ2v) is 15.1. The predicted molar refractivity (Wildman–Crippen MR) is 199 cm³/mol. The van der Waals surface area contributed by atoms with Crippen LogP contribution in [0, 0.1) is 23.2 Å². The van der Waals surface area contributed by atoms with Gasteiger partial charge in [0.25, 0.3) is 0 Å². The number of aliphatic hydroxyl groups excluding tert-OH is 3. The van der Waals surface area contributed by atoms with Crippen LogP contribution in [0.25, 0.3) is 0 Å². The van der Waals surface area contributed by atoms with Crippen LogP contribution in [0.4, 0.5) is 0 Å². The Hall–Kier alpha value is -2.65. The monoisotopic (exact) mass is 674 g/mol. The molecule has 2 saturated carbocycles. The van der Waals surface area contributed by atoms with Crippen molar-refractivity contribution >= 4 is 6.29 Å². The Bertz CT molecular complexity index is 1410. The lowest BCUT2D eigenvalue weighted by atomic mass is 9.51. The summed E-state index contributed by atoms with van der Waals surface area (Å²) in [7, 11) is 1.86. The molecule has 6 N–H and O–H groups in total. The summed E-state index contributed by atoms with van der Waals surface area (Å²) in [4.78, 5) is 12.0. The molecule has 2 aliphatic carbocycles. The van der Waals surface area contributed by atoms with Crippen LogP contribution in [-0.4, -0.2) is 77.8 Å². The van der Waals surface area contributed by atoms with Gasteiger partial charge in [0.1, 0.15) is 6.29 Å². The van der Waals surface area contributed by atoms with Gasteiger partial charge >= 0.3 is 0 Å². The first-order chi connectivity index (χ1) is 23.5. The first kappa shape index (κ1) is 39.1. The molecule has 1 spiro atoms. The lowest BCUT2D eigenvalue weighted by Crippen LogP contribution is -2.61. The Kier molecular flexibility index (Phi) is 14.4. The third-order valence-electron chi connectivity index (χ3n) is 11.9. The Balaban J connectivity index is 1.62. The average Bonchev–Trinajstić information content (AvgIpc) is 3.43. The Morgan fingerprint density at radius 1 is 1.18 bits per heavy atom. The molecule has 270 valence electrons. The smallest absolute Gasteiger partial charge is 0.145 e. The summed E-state index contributed by atoms with van der Waals surface area (Å²) in [6.07, 6.45) is 14.7. The van der Waals surface area contributed by atoms with Crippen molar-refractivity contribution in [3.05, 3.63) is 94.1 Å². The van der Waals surface area contributed by atoms with E-state index in [1.165, 1.54) is 16.7 Å². The van der Waals surface area contributed by atoms with Gasteiger partial charge in [0.2, 0.25) is 0 Å². The van der Waals surface area contributed by atoms with E-state index < -0.39 is 17.1 Å². The van der Waals surface area contributed by atoms with Gasteiger partial charge in [-0.2, -0.15) is 0 Å². The number of aldehydes is 1. The zero-order chi connectivity index (χ0) is 35.6. The van der Waals surface area contributed by atoms with Crippen molar-refractivity contribution in [2.24, 2.45) is 23.2 Å². The highest BCUT2D eigenvalue weighted by atomic mass is 16.3. The van der Waals surface area contributed by atoms with Crippen molar-refractivity contribution in [1.82, 2.24) is 10.6 Å². The van der Waals surface area contributed by atoms with Crippen LogP contribution < -0.4 is 10.6 Å². The fourth-order valence-corrected chi connectivity index (χ4v) is 9.12. The van der Waals surface area contributed by atoms with Gasteiger partial charge < -0.3 is 31.1 Å². The molecular formula is C42H62N2O5. The number of fused-ring (bicyclic) bond motifs is 2. The third-order valence-corrected chi connectivity index (χ3v) is 11.9. The number of benzene rings is 1. The molecule has 7 unspecified atom stereocenters. The van der Waals surface area contributed by atoms with Crippen molar-refractivity contribution < 1.29 is 25.2 Å². The van der Waals surface area contributed by atoms with E-state index in [-0.39, 0.29) is 31.0 Å². The van der Waals surface area contributed by atoms with E-state index in [2.05, 4.69) is 61.4 Å². The van der Waals surface area contributed by atoms with Gasteiger partial charge in [0.05, 0.1) is 18.3 Å². The Morgan fingerprint density at radius 2 is 1.94 bits per heavy atom. The molecule has 7 nitrogen and oxygen atoms in total. The fraction of sp³-hybridized carbons (Fsp3) is 0.595. The number of hydrogen-bond acceptors (Lipinski definition) is 7. The zero-order valence-electron chi connectivity index (χ0n) is 30.4. The lowest BCUT2D eigenvalue weighted by molar-refractivity contribution is -0.180. The minimum absolute atomic E-state index is 0.00280. The summed E-state index contributed by atoms with van der Waals surface area (Å²) >= 11 is 0. The molecule has 2 bridgehead atoms. The molecule has 4 rings (SSSR count). The molecule has 49 heavy (non-hydrogen) atoms. The standard InChI is InChI=1S/C42H62N2O5/c1-29-14-15-35(25-34-11-7-10-33(24-34)23-32(4)44-26-29)30(2)9-6-12-36(28-47)38-17-19-42(40(38)48)39(13-8-22-45)37(31(3)27-46)16-18-41(42,49)20-21-43-5/h6-7,9-12,14,24,27,32,35,38-40,43-45,47-49H,2,8,13,15-23,25-26,28H2,1,3-5H3. The minimum atomic E-state index is -1.16. The number of allylic oxidation sites excluding steroid dienone is 7. The lowest BCUT2D eigenvalue weighted by Gasteiger charge is -2.57. The van der Waals surface area contributed by atoms with Gasteiger partial charge in [-0.15, -0.1) is 0 Å². The van der Waals surface area contributed by atoms with E-state index in [9.17, 15) is 25.2 Å². The molecule has 3 aliphatic rings. The van der Waals surface area contributed by atoms with Crippen LogP contribution in [0.2, 0.25) is 0 Å². The summed E-state index contributed by atoms with van der Waals surface area (Å²) in [5.41, 5.74) is 5.28. The van der Waals surface area contributed by atoms with Gasteiger partial charge in [0.15, 0.2) is 0 Å². The van der Waals surface area contributed by atoms with Crippen molar-refractivity contribution in [2.75, 3.05) is 33.4 Å². The molecule has 2 fully saturated rings. The van der Waals surface area contributed by atoms with E-state index in [4.69, 9.17) is 0 Å². The molecule has 0 radical (unpaired) electrons. The molecule has 7 heteroatoms. The molecule has 1 aliphatic heterocycles. The number of hydrogen-bond donors (Lipinski definition) is 6. The second-order valence-electron chi connectivity index (χ2n) is 15.1. The molecule has 7 atom stereocenters. The van der Waals surface area contributed by atoms with Gasteiger partial charge in [-0.05, 0) is 133 Å². The average molecular weight is 675 g/mol. The highest BCUT2D eigenvalue weighted by Gasteiger charge is 2.65. The number of nitrogens with one attached hydrogen (secondary N) is 2. The zero-order valence-corrected chi connectivity index (χ0v) is 30.4. The van der Waals surface area contributed by atoms with E-state index in [1.54, 1.807) is 0 Å². The van der Waals surface area contributed by atoms with Gasteiger partial charge in [-0.1, -0.05) is 71.9 Å². The van der Waals surface area contributed by atoms with Gasteiger partial charge in [-0.25, -0.2) is 0 Å². The number of rotatable bonds is 12. The van der Waals surface area contributed by atoms with E-state index >= 15 is 0 Å². The SMILES string of the molecule is C=C(C=CC=C(CO)C1CCC2(C(CCCO)C(=C(C)C=O)CCC2(O)CCNC)C1O)C1CC=C(C)CNC(C)Cc2cccc(c2)C1. The molecule has 1 aromatic rings. The van der Waals surface area contributed by atoms with E-state index in [1.807, 2.05) is 32.2 Å². The van der Waals surface area contributed by atoms with Crippen LogP contribution in [-0.2, 0) is 17.6 Å². The summed E-state index contributed by atoms with van der Waals surface area (Å²) in [5.74, 6) is -0.376. The van der Waals surface area contributed by atoms with Crippen molar-refractivity contribution in [1.29, 1.82) is 0 Å². The number of carbonyl (C=O) groups excluding carboxylic acids is 1. The van der Waals surface area contributed by atoms with E-state index in [0.29, 0.717) is 63.1 Å². The van der Waals surface area contributed by atoms with Crippen LogP contribution in [0.5, 0.6) is 0 Å². The van der Waals surface area contributed by atoms with Crippen molar-refractivity contribution in [2.45, 2.75) is 103 Å². The topological polar surface area (TPSA) is 122 Å². The molecule has 0 aromatic heterocycles. The third kappa shape index (κ3) is 8.99. The highest BCUT2D eigenvalue weighted by molar-refractivity contribution is 5.74. The van der Waals surface area contributed by atoms with Crippen LogP contribution >= 0.6 is 0 Å². The number of carbonyl (C=O) groups is 1. The van der Waals surface area contributed by atoms with Gasteiger partial charge in [0, 0.05) is 30.5 Å². The molecule has 1 heterocycles. The molecular weight excluding hydrogens is 612 g/mol. The van der Waals surface area contributed by atoms with Crippen LogP contribution in [0.3, 0.4) is 0 Å². The van der Waals surface area contributed by atoms with Crippen LogP contribution in [0.1, 0.15) is 83.3 Å². The number of aliphatic hydroxyl groups is 4. The predicted octanol–water partition coefficient (Wildman–Crippen LogP) is 5.54. The largest absolute Gasteiger partial charge is 0.396 e. The summed E-state index contributed by atoms with van der Waals surface area (Å²) in [6, 6.07) is 9.26. The first-order valence-corrected chi connectivity index (χ1v) is 18.5. The minimum Gasteiger partial charge on any atom is -0.396 e. The Labute approximate surface area is 295 Å². The maximum Gasteiger partial charge on any atom is 0.145 e. The van der Waals surface area contributed by atoms with E-state index in [0.717, 1.165) is 48.8 Å². The maximum absolute atomic E-state index is 12.4. The highest BCUT2D eigenvalue weighted by Crippen LogP contribution is 2.63. The maximum atomic E-state index is 12.4. The molecule has 1 aromatic carbocycles. The summed E-state index contributed by atoms with van der Waals surface area (Å²) < 4.78 is 0. The summed E-state index contributed by atoms with van der Waals surface area (Å²) in [6.45, 7) is 12.0. The fourth-order valence-electron chi connectivity index (χ4n) is 9.12. The molecule has 0 saturated heterocycles.